The molecule has 1 aliphatic rings. The predicted octanol–water partition coefficient (Wildman–Crippen LogP) is 3.34. The van der Waals surface area contributed by atoms with E-state index < -0.39 is 17.5 Å². The van der Waals surface area contributed by atoms with Crippen LogP contribution in [-0.2, 0) is 4.74 Å². The molecular formula is C13H13F3O3. The molecule has 0 aromatic heterocycles. The molecule has 19 heavy (non-hydrogen) atoms. The standard InChI is InChI=1S/C13H13F3O3/c14-13(15,16)12(17)9-4-6-10(7-5-9)19-11-3-1-2-8-18-11/h4-7,11H,1-3,8H2. The molecule has 0 aliphatic carbocycles. The zero-order valence-electron chi connectivity index (χ0n) is 10.1. The third-order valence-corrected chi connectivity index (χ3v) is 2.78. The largest absolute Gasteiger partial charge is 0.465 e. The van der Waals surface area contributed by atoms with Crippen LogP contribution < -0.4 is 4.74 Å². The Labute approximate surface area is 108 Å². The molecule has 1 heterocycles. The quantitative estimate of drug-likeness (QED) is 0.793. The number of hydrogen-bond acceptors (Lipinski definition) is 3. The second kappa shape index (κ2) is 5.61. The molecule has 0 saturated carbocycles. The van der Waals surface area contributed by atoms with Crippen molar-refractivity contribution < 1.29 is 27.4 Å². The topological polar surface area (TPSA) is 35.5 Å². The van der Waals surface area contributed by atoms with Gasteiger partial charge in [-0.1, -0.05) is 0 Å². The van der Waals surface area contributed by atoms with Crippen molar-refractivity contribution in [2.45, 2.75) is 31.7 Å². The van der Waals surface area contributed by atoms with Crippen LogP contribution >= 0.6 is 0 Å². The Hall–Kier alpha value is -1.56. The average Bonchev–Trinajstić information content (AvgIpc) is 2.39. The van der Waals surface area contributed by atoms with Crippen molar-refractivity contribution in [2.75, 3.05) is 6.61 Å². The number of ether oxygens (including phenoxy) is 2. The Balaban J connectivity index is 2.00. The summed E-state index contributed by atoms with van der Waals surface area (Å²) in [6, 6.07) is 4.90. The lowest BCUT2D eigenvalue weighted by atomic mass is 10.1. The molecule has 0 spiro atoms. The Bertz CT molecular complexity index is 433. The highest BCUT2D eigenvalue weighted by Crippen LogP contribution is 2.24. The molecule has 0 bridgehead atoms. The number of Topliss-reactive ketones (excluding diaryl/α,β-unsaturated/α-hetero) is 1. The third kappa shape index (κ3) is 3.70. The molecule has 1 aromatic rings. The van der Waals surface area contributed by atoms with Gasteiger partial charge in [-0.05, 0) is 37.1 Å². The van der Waals surface area contributed by atoms with Crippen molar-refractivity contribution in [1.29, 1.82) is 0 Å². The summed E-state index contributed by atoms with van der Waals surface area (Å²) >= 11 is 0. The number of hydrogen-bond donors (Lipinski definition) is 0. The molecular weight excluding hydrogens is 261 g/mol. The summed E-state index contributed by atoms with van der Waals surface area (Å²) in [5.74, 6) is -1.46. The lowest BCUT2D eigenvalue weighted by molar-refractivity contribution is -0.105. The van der Waals surface area contributed by atoms with Crippen LogP contribution in [0.3, 0.4) is 0 Å². The SMILES string of the molecule is O=C(c1ccc(OC2CCCCO2)cc1)C(F)(F)F. The molecule has 1 unspecified atom stereocenters. The van der Waals surface area contributed by atoms with Crippen LogP contribution in [0.2, 0.25) is 0 Å². The van der Waals surface area contributed by atoms with Gasteiger partial charge in [0.25, 0.3) is 5.78 Å². The minimum Gasteiger partial charge on any atom is -0.465 e. The summed E-state index contributed by atoms with van der Waals surface area (Å²) < 4.78 is 47.4. The molecule has 0 N–H and O–H groups in total. The number of alkyl halides is 3. The van der Waals surface area contributed by atoms with Gasteiger partial charge in [0.05, 0.1) is 6.61 Å². The van der Waals surface area contributed by atoms with E-state index in [1.165, 1.54) is 12.1 Å². The fourth-order valence-corrected chi connectivity index (χ4v) is 1.80. The highest BCUT2D eigenvalue weighted by Gasteiger charge is 2.39. The van der Waals surface area contributed by atoms with Crippen molar-refractivity contribution in [2.24, 2.45) is 0 Å². The highest BCUT2D eigenvalue weighted by molar-refractivity contribution is 6.00. The Morgan fingerprint density at radius 1 is 1.21 bits per heavy atom. The van der Waals surface area contributed by atoms with Crippen molar-refractivity contribution in [3.05, 3.63) is 29.8 Å². The van der Waals surface area contributed by atoms with E-state index in [2.05, 4.69) is 0 Å². The lowest BCUT2D eigenvalue weighted by Crippen LogP contribution is -2.25. The molecule has 104 valence electrons. The highest BCUT2D eigenvalue weighted by atomic mass is 19.4. The minimum absolute atomic E-state index is 0.363. The van der Waals surface area contributed by atoms with E-state index in [1.54, 1.807) is 0 Å². The van der Waals surface area contributed by atoms with Gasteiger partial charge >= 0.3 is 6.18 Å². The predicted molar refractivity (Wildman–Crippen MR) is 61.0 cm³/mol. The first kappa shape index (κ1) is 13.9. The number of carbonyl (C=O) groups is 1. The summed E-state index contributed by atoms with van der Waals surface area (Å²) in [4.78, 5) is 11.0. The molecule has 6 heteroatoms. The summed E-state index contributed by atoms with van der Waals surface area (Å²) in [5.41, 5.74) is -0.399. The number of rotatable bonds is 3. The van der Waals surface area contributed by atoms with E-state index in [0.29, 0.717) is 12.4 Å². The second-order valence-electron chi connectivity index (χ2n) is 4.27. The molecule has 1 atom stereocenters. The van der Waals surface area contributed by atoms with E-state index in [9.17, 15) is 18.0 Å². The third-order valence-electron chi connectivity index (χ3n) is 2.78. The van der Waals surface area contributed by atoms with Crippen LogP contribution in [0.1, 0.15) is 29.6 Å². The number of ketones is 1. The maximum absolute atomic E-state index is 12.2. The second-order valence-corrected chi connectivity index (χ2v) is 4.27. The van der Waals surface area contributed by atoms with E-state index in [-0.39, 0.29) is 6.29 Å². The van der Waals surface area contributed by atoms with Crippen molar-refractivity contribution in [1.82, 2.24) is 0 Å². The smallest absolute Gasteiger partial charge is 0.454 e. The fourth-order valence-electron chi connectivity index (χ4n) is 1.80. The number of benzene rings is 1. The van der Waals surface area contributed by atoms with Gasteiger partial charge in [-0.2, -0.15) is 13.2 Å². The van der Waals surface area contributed by atoms with Gasteiger partial charge in [0.2, 0.25) is 0 Å². The van der Waals surface area contributed by atoms with Crippen molar-refractivity contribution >= 4 is 5.78 Å². The van der Waals surface area contributed by atoms with E-state index >= 15 is 0 Å². The van der Waals surface area contributed by atoms with Crippen LogP contribution in [0.4, 0.5) is 13.2 Å². The maximum Gasteiger partial charge on any atom is 0.454 e. The van der Waals surface area contributed by atoms with Crippen molar-refractivity contribution in [3.8, 4) is 5.75 Å². The Kier molecular flexibility index (Phi) is 4.09. The van der Waals surface area contributed by atoms with Gasteiger partial charge in [-0.15, -0.1) is 0 Å². The summed E-state index contributed by atoms with van der Waals surface area (Å²) in [6.07, 6.45) is -2.48. The first-order chi connectivity index (χ1) is 8.97. The van der Waals surface area contributed by atoms with E-state index in [1.807, 2.05) is 0 Å². The van der Waals surface area contributed by atoms with Crippen LogP contribution in [0.15, 0.2) is 24.3 Å². The average molecular weight is 274 g/mol. The Morgan fingerprint density at radius 3 is 2.42 bits per heavy atom. The first-order valence-corrected chi connectivity index (χ1v) is 5.96. The molecule has 0 radical (unpaired) electrons. The number of carbonyl (C=O) groups excluding carboxylic acids is 1. The summed E-state index contributed by atoms with van der Waals surface area (Å²) in [7, 11) is 0. The van der Waals surface area contributed by atoms with Crippen LogP contribution in [0, 0.1) is 0 Å². The van der Waals surface area contributed by atoms with Crippen LogP contribution in [0.25, 0.3) is 0 Å². The molecule has 3 nitrogen and oxygen atoms in total. The van der Waals surface area contributed by atoms with Crippen molar-refractivity contribution in [3.63, 3.8) is 0 Å². The molecule has 1 fully saturated rings. The lowest BCUT2D eigenvalue weighted by Gasteiger charge is -2.23. The maximum atomic E-state index is 12.2. The first-order valence-electron chi connectivity index (χ1n) is 5.96. The molecule has 0 amide bonds. The Morgan fingerprint density at radius 2 is 1.89 bits per heavy atom. The molecule has 1 aliphatic heterocycles. The van der Waals surface area contributed by atoms with E-state index in [0.717, 1.165) is 31.4 Å². The van der Waals surface area contributed by atoms with Gasteiger partial charge in [-0.3, -0.25) is 4.79 Å². The molecule has 2 rings (SSSR count). The number of halogens is 3. The normalized spacial score (nSPS) is 20.1. The van der Waals surface area contributed by atoms with Crippen LogP contribution in [0.5, 0.6) is 5.75 Å². The zero-order chi connectivity index (χ0) is 13.9. The van der Waals surface area contributed by atoms with Gasteiger partial charge in [0.1, 0.15) is 5.75 Å². The van der Waals surface area contributed by atoms with Gasteiger partial charge in [-0.25, -0.2) is 0 Å². The summed E-state index contributed by atoms with van der Waals surface area (Å²) in [6.45, 7) is 0.620. The monoisotopic (exact) mass is 274 g/mol. The fraction of sp³-hybridized carbons (Fsp3) is 0.462. The van der Waals surface area contributed by atoms with E-state index in [4.69, 9.17) is 9.47 Å². The minimum atomic E-state index is -4.85. The van der Waals surface area contributed by atoms with Gasteiger partial charge in [0, 0.05) is 12.0 Å². The zero-order valence-corrected chi connectivity index (χ0v) is 10.1. The van der Waals surface area contributed by atoms with Gasteiger partial charge in [0.15, 0.2) is 6.29 Å². The van der Waals surface area contributed by atoms with Gasteiger partial charge < -0.3 is 9.47 Å². The molecule has 1 saturated heterocycles. The summed E-state index contributed by atoms with van der Waals surface area (Å²) in [5, 5.41) is 0. The molecule has 1 aromatic carbocycles. The van der Waals surface area contributed by atoms with Crippen LogP contribution in [-0.4, -0.2) is 24.9 Å².